The lowest BCUT2D eigenvalue weighted by Gasteiger charge is -1.98. The van der Waals surface area contributed by atoms with Crippen LogP contribution < -0.4 is 0 Å². The van der Waals surface area contributed by atoms with Gasteiger partial charge in [-0.3, -0.25) is 0 Å². The van der Waals surface area contributed by atoms with Gasteiger partial charge in [0.25, 0.3) is 0 Å². The molecule has 0 N–H and O–H groups in total. The number of nitrogens with zero attached hydrogens (tertiary/aromatic N) is 3. The van der Waals surface area contributed by atoms with Crippen molar-refractivity contribution in [3.05, 3.63) is 65.8 Å². The highest BCUT2D eigenvalue weighted by Crippen LogP contribution is 2.34. The van der Waals surface area contributed by atoms with Crippen LogP contribution in [0.25, 0.3) is 16.8 Å². The normalized spacial score (nSPS) is 10.5. The third-order valence-electron chi connectivity index (χ3n) is 3.38. The van der Waals surface area contributed by atoms with E-state index < -0.39 is 0 Å². The Labute approximate surface area is 150 Å². The molecule has 0 fully saturated rings. The topological polar surface area (TPSA) is 30.2 Å². The second-order valence-corrected chi connectivity index (χ2v) is 7.18. The molecule has 0 saturated heterocycles. The molecule has 0 saturated carbocycles. The summed E-state index contributed by atoms with van der Waals surface area (Å²) < 4.78 is 2.94. The van der Waals surface area contributed by atoms with Crippen LogP contribution in [-0.2, 0) is 0 Å². The lowest BCUT2D eigenvalue weighted by Crippen LogP contribution is -1.86. The van der Waals surface area contributed by atoms with Gasteiger partial charge in [0.15, 0.2) is 4.34 Å². The zero-order valence-corrected chi connectivity index (χ0v) is 15.6. The van der Waals surface area contributed by atoms with E-state index in [9.17, 15) is 0 Å². The Morgan fingerprint density at radius 2 is 1.88 bits per heavy atom. The van der Waals surface area contributed by atoms with Crippen LogP contribution in [0.5, 0.6) is 0 Å². The van der Waals surface area contributed by atoms with E-state index in [1.54, 1.807) is 23.1 Å². The maximum Gasteiger partial charge on any atom is 0.155 e. The minimum Gasteiger partial charge on any atom is -0.240 e. The fourth-order valence-corrected chi connectivity index (χ4v) is 4.11. The molecule has 122 valence electrons. The molecule has 0 radical (unpaired) electrons. The predicted octanol–water partition coefficient (Wildman–Crippen LogP) is 5.94. The molecule has 3 aromatic heterocycles. The van der Waals surface area contributed by atoms with Gasteiger partial charge in [-0.1, -0.05) is 43.8 Å². The van der Waals surface area contributed by atoms with Crippen LogP contribution in [0.4, 0.5) is 0 Å². The van der Waals surface area contributed by atoms with E-state index in [2.05, 4.69) is 41.7 Å². The third-order valence-corrected chi connectivity index (χ3v) is 5.33. The van der Waals surface area contributed by atoms with Crippen LogP contribution in [-0.4, -0.2) is 14.6 Å². The van der Waals surface area contributed by atoms with Crippen molar-refractivity contribution in [3.8, 4) is 11.3 Å². The second kappa shape index (κ2) is 7.64. The van der Waals surface area contributed by atoms with Crippen molar-refractivity contribution in [2.75, 3.05) is 0 Å². The minimum absolute atomic E-state index is 0.990. The molecule has 4 rings (SSSR count). The highest BCUT2D eigenvalue weighted by molar-refractivity contribution is 8.01. The molecule has 0 amide bonds. The maximum atomic E-state index is 4.76. The number of thiazole rings is 1. The smallest absolute Gasteiger partial charge is 0.155 e. The quantitative estimate of drug-likeness (QED) is 0.456. The molecule has 0 spiro atoms. The van der Waals surface area contributed by atoms with Gasteiger partial charge in [-0.25, -0.2) is 9.50 Å². The number of hydrogen-bond donors (Lipinski definition) is 0. The Morgan fingerprint density at radius 3 is 2.67 bits per heavy atom. The average molecular weight is 354 g/mol. The molecule has 0 bridgehead atoms. The van der Waals surface area contributed by atoms with Crippen molar-refractivity contribution in [3.63, 3.8) is 0 Å². The summed E-state index contributed by atoms with van der Waals surface area (Å²) in [6.07, 6.45) is 3.88. The van der Waals surface area contributed by atoms with Gasteiger partial charge in [0, 0.05) is 22.0 Å². The van der Waals surface area contributed by atoms with E-state index >= 15 is 0 Å². The Kier molecular flexibility index (Phi) is 5.33. The van der Waals surface area contributed by atoms with Crippen LogP contribution in [0.2, 0.25) is 0 Å². The van der Waals surface area contributed by atoms with Crippen molar-refractivity contribution in [2.24, 2.45) is 0 Å². The first-order valence-electron chi connectivity index (χ1n) is 7.92. The van der Waals surface area contributed by atoms with E-state index in [0.717, 1.165) is 21.1 Å². The fourth-order valence-electron chi connectivity index (χ4n) is 2.30. The number of aromatic nitrogens is 3. The number of fused-ring (bicyclic) bond motifs is 1. The summed E-state index contributed by atoms with van der Waals surface area (Å²) in [6, 6.07) is 14.5. The van der Waals surface area contributed by atoms with Gasteiger partial charge in [-0.05, 0) is 36.8 Å². The summed E-state index contributed by atoms with van der Waals surface area (Å²) in [5.74, 6) is 0. The Morgan fingerprint density at radius 1 is 1.08 bits per heavy atom. The molecule has 5 heteroatoms. The maximum absolute atomic E-state index is 4.76. The van der Waals surface area contributed by atoms with Crippen LogP contribution in [0.1, 0.15) is 19.4 Å². The molecule has 0 aliphatic carbocycles. The number of hydrogen-bond acceptors (Lipinski definition) is 4. The zero-order chi connectivity index (χ0) is 16.9. The number of pyridine rings is 1. The van der Waals surface area contributed by atoms with E-state index in [0.29, 0.717) is 0 Å². The van der Waals surface area contributed by atoms with Gasteiger partial charge in [0.2, 0.25) is 0 Å². The monoisotopic (exact) mass is 353 g/mol. The van der Waals surface area contributed by atoms with Gasteiger partial charge in [-0.2, -0.15) is 5.10 Å². The largest absolute Gasteiger partial charge is 0.240 e. The standard InChI is InChI=1S/C17H13N3S2.C2H6/c1-12-7-8-20-16(9-12)14(10-18-20)15-11-21-17(19-15)22-13-5-3-2-4-6-13;1-2/h2-11H,1H3;1-2H3. The van der Waals surface area contributed by atoms with Gasteiger partial charge in [0.05, 0.1) is 17.4 Å². The summed E-state index contributed by atoms with van der Waals surface area (Å²) in [5.41, 5.74) is 4.40. The van der Waals surface area contributed by atoms with Gasteiger partial charge >= 0.3 is 0 Å². The van der Waals surface area contributed by atoms with Crippen molar-refractivity contribution >= 4 is 28.6 Å². The second-order valence-electron chi connectivity index (χ2n) is 5.01. The first kappa shape index (κ1) is 16.7. The molecule has 0 aliphatic heterocycles. The van der Waals surface area contributed by atoms with E-state index in [1.165, 1.54) is 10.5 Å². The SMILES string of the molecule is CC.Cc1ccn2ncc(-c3csc(Sc4ccccc4)n3)c2c1. The molecule has 3 nitrogen and oxygen atoms in total. The first-order valence-corrected chi connectivity index (χ1v) is 9.62. The Bertz CT molecular complexity index is 926. The molecule has 0 aliphatic rings. The molecule has 0 unspecified atom stereocenters. The van der Waals surface area contributed by atoms with E-state index in [1.807, 2.05) is 49.0 Å². The Hall–Kier alpha value is -2.11. The molecule has 1 aromatic carbocycles. The number of benzene rings is 1. The molecule has 4 aromatic rings. The van der Waals surface area contributed by atoms with Gasteiger partial charge in [0.1, 0.15) is 0 Å². The highest BCUT2D eigenvalue weighted by Gasteiger charge is 2.11. The molecule has 24 heavy (non-hydrogen) atoms. The third kappa shape index (κ3) is 3.52. The van der Waals surface area contributed by atoms with Crippen LogP contribution in [0.15, 0.2) is 69.5 Å². The Balaban J connectivity index is 0.000000815. The van der Waals surface area contributed by atoms with E-state index in [4.69, 9.17) is 4.98 Å². The summed E-state index contributed by atoms with van der Waals surface area (Å²) >= 11 is 3.36. The molecular weight excluding hydrogens is 334 g/mol. The average Bonchev–Trinajstić information content (AvgIpc) is 3.24. The summed E-state index contributed by atoms with van der Waals surface area (Å²) in [5, 5.41) is 6.51. The predicted molar refractivity (Wildman–Crippen MR) is 103 cm³/mol. The summed E-state index contributed by atoms with van der Waals surface area (Å²) in [4.78, 5) is 5.96. The van der Waals surface area contributed by atoms with Gasteiger partial charge in [-0.15, -0.1) is 11.3 Å². The summed E-state index contributed by atoms with van der Waals surface area (Å²) in [6.45, 7) is 6.09. The van der Waals surface area contributed by atoms with Gasteiger partial charge < -0.3 is 0 Å². The minimum atomic E-state index is 0.990. The van der Waals surface area contributed by atoms with Crippen LogP contribution >= 0.6 is 23.1 Å². The van der Waals surface area contributed by atoms with Crippen molar-refractivity contribution in [2.45, 2.75) is 30.0 Å². The fraction of sp³-hybridized carbons (Fsp3) is 0.158. The van der Waals surface area contributed by atoms with Crippen molar-refractivity contribution in [1.29, 1.82) is 0 Å². The molecular formula is C19H19N3S2. The van der Waals surface area contributed by atoms with Crippen molar-refractivity contribution < 1.29 is 0 Å². The number of rotatable bonds is 3. The highest BCUT2D eigenvalue weighted by atomic mass is 32.2. The summed E-state index contributed by atoms with van der Waals surface area (Å²) in [7, 11) is 0. The molecule has 0 atom stereocenters. The molecule has 3 heterocycles. The lowest BCUT2D eigenvalue weighted by molar-refractivity contribution is 0.958. The van der Waals surface area contributed by atoms with E-state index in [-0.39, 0.29) is 0 Å². The van der Waals surface area contributed by atoms with Crippen LogP contribution in [0, 0.1) is 6.92 Å². The lowest BCUT2D eigenvalue weighted by atomic mass is 10.2. The number of aryl methyl sites for hydroxylation is 1. The first-order chi connectivity index (χ1) is 11.8. The van der Waals surface area contributed by atoms with Crippen LogP contribution in [0.3, 0.4) is 0 Å². The zero-order valence-electron chi connectivity index (χ0n) is 13.9. The van der Waals surface area contributed by atoms with Crippen molar-refractivity contribution in [1.82, 2.24) is 14.6 Å².